The smallest absolute Gasteiger partial charge is 0.0833 e. The average Bonchev–Trinajstić information content (AvgIpc) is 2.57. The summed E-state index contributed by atoms with van der Waals surface area (Å²) in [5, 5.41) is 10.9. The number of rotatable bonds is 2. The lowest BCUT2D eigenvalue weighted by Crippen LogP contribution is -2.12. The van der Waals surface area contributed by atoms with Gasteiger partial charge in [-0.2, -0.15) is 0 Å². The van der Waals surface area contributed by atoms with E-state index >= 15 is 0 Å². The van der Waals surface area contributed by atoms with Crippen molar-refractivity contribution < 1.29 is 5.11 Å². The van der Waals surface area contributed by atoms with Crippen LogP contribution < -0.4 is 0 Å². The number of hydrogen-bond acceptors (Lipinski definition) is 2. The molecule has 0 aromatic carbocycles. The van der Waals surface area contributed by atoms with Crippen LogP contribution in [0.25, 0.3) is 0 Å². The lowest BCUT2D eigenvalue weighted by molar-refractivity contribution is 0.0988. The second-order valence-electron chi connectivity index (χ2n) is 4.59. The zero-order valence-corrected chi connectivity index (χ0v) is 10.2. The van der Waals surface area contributed by atoms with Crippen LogP contribution in [0.1, 0.15) is 50.2 Å². The van der Waals surface area contributed by atoms with Crippen molar-refractivity contribution in [3.63, 3.8) is 0 Å². The molecule has 3 heteroatoms. The number of halogens is 1. The summed E-state index contributed by atoms with van der Waals surface area (Å²) in [6, 6.07) is 1.83. The molecule has 0 aliphatic heterocycles. The van der Waals surface area contributed by atoms with Crippen molar-refractivity contribution in [3.05, 3.63) is 29.0 Å². The summed E-state index contributed by atoms with van der Waals surface area (Å²) < 4.78 is 0. The van der Waals surface area contributed by atoms with Crippen LogP contribution in [0.2, 0.25) is 5.02 Å². The van der Waals surface area contributed by atoms with Crippen molar-refractivity contribution in [2.24, 2.45) is 5.92 Å². The van der Waals surface area contributed by atoms with Gasteiger partial charge in [0.15, 0.2) is 0 Å². The first-order chi connectivity index (χ1) is 7.79. The van der Waals surface area contributed by atoms with E-state index in [0.29, 0.717) is 10.9 Å². The molecule has 16 heavy (non-hydrogen) atoms. The number of nitrogens with zero attached hydrogens (tertiary/aromatic N) is 1. The highest BCUT2D eigenvalue weighted by Gasteiger charge is 2.23. The Morgan fingerprint density at radius 2 is 1.94 bits per heavy atom. The van der Waals surface area contributed by atoms with Crippen molar-refractivity contribution in [2.75, 3.05) is 0 Å². The number of hydrogen-bond donors (Lipinski definition) is 1. The van der Waals surface area contributed by atoms with Gasteiger partial charge in [-0.05, 0) is 24.8 Å². The van der Waals surface area contributed by atoms with Gasteiger partial charge in [0.1, 0.15) is 0 Å². The van der Waals surface area contributed by atoms with Crippen molar-refractivity contribution in [1.82, 2.24) is 4.98 Å². The summed E-state index contributed by atoms with van der Waals surface area (Å²) in [6.07, 6.45) is 10.2. The van der Waals surface area contributed by atoms with Gasteiger partial charge in [0.05, 0.1) is 11.1 Å². The topological polar surface area (TPSA) is 33.1 Å². The van der Waals surface area contributed by atoms with Gasteiger partial charge in [0, 0.05) is 18.0 Å². The minimum Gasteiger partial charge on any atom is -0.388 e. The van der Waals surface area contributed by atoms with Gasteiger partial charge >= 0.3 is 0 Å². The van der Waals surface area contributed by atoms with E-state index in [9.17, 15) is 5.11 Å². The molecule has 1 aromatic heterocycles. The van der Waals surface area contributed by atoms with Crippen molar-refractivity contribution in [1.29, 1.82) is 0 Å². The van der Waals surface area contributed by atoms with Crippen LogP contribution in [0.5, 0.6) is 0 Å². The van der Waals surface area contributed by atoms with Crippen LogP contribution >= 0.6 is 11.6 Å². The van der Waals surface area contributed by atoms with Crippen LogP contribution in [0.3, 0.4) is 0 Å². The van der Waals surface area contributed by atoms with Crippen LogP contribution in [0, 0.1) is 5.92 Å². The van der Waals surface area contributed by atoms with Gasteiger partial charge in [-0.3, -0.25) is 4.98 Å². The fraction of sp³-hybridized carbons (Fsp3) is 0.615. The molecule has 0 bridgehead atoms. The molecule has 1 saturated carbocycles. The molecule has 1 N–H and O–H groups in total. The van der Waals surface area contributed by atoms with E-state index in [2.05, 4.69) is 4.98 Å². The van der Waals surface area contributed by atoms with E-state index in [1.54, 1.807) is 12.4 Å². The molecule has 0 spiro atoms. The van der Waals surface area contributed by atoms with E-state index < -0.39 is 6.10 Å². The number of aliphatic hydroxyl groups is 1. The molecule has 1 aliphatic rings. The largest absolute Gasteiger partial charge is 0.388 e. The first-order valence-electron chi connectivity index (χ1n) is 6.06. The maximum atomic E-state index is 10.3. The molecule has 1 unspecified atom stereocenters. The third-order valence-electron chi connectivity index (χ3n) is 3.47. The van der Waals surface area contributed by atoms with Crippen molar-refractivity contribution in [2.45, 2.75) is 44.6 Å². The van der Waals surface area contributed by atoms with Crippen LogP contribution in [-0.2, 0) is 0 Å². The fourth-order valence-electron chi connectivity index (χ4n) is 2.51. The number of pyridine rings is 1. The second kappa shape index (κ2) is 5.65. The van der Waals surface area contributed by atoms with E-state index in [-0.39, 0.29) is 0 Å². The normalized spacial score (nSPS) is 20.4. The summed E-state index contributed by atoms with van der Waals surface area (Å²) in [5.41, 5.74) is 0.837. The molecule has 1 aliphatic carbocycles. The Kier molecular flexibility index (Phi) is 4.19. The lowest BCUT2D eigenvalue weighted by Gasteiger charge is -2.22. The van der Waals surface area contributed by atoms with Gasteiger partial charge < -0.3 is 5.11 Å². The van der Waals surface area contributed by atoms with Crippen LogP contribution in [0.4, 0.5) is 0 Å². The first-order valence-corrected chi connectivity index (χ1v) is 6.44. The molecule has 1 fully saturated rings. The van der Waals surface area contributed by atoms with E-state index in [4.69, 9.17) is 11.6 Å². The maximum Gasteiger partial charge on any atom is 0.0833 e. The highest BCUT2D eigenvalue weighted by molar-refractivity contribution is 6.31. The van der Waals surface area contributed by atoms with Gasteiger partial charge in [-0.1, -0.05) is 37.3 Å². The molecule has 0 radical (unpaired) electrons. The summed E-state index contributed by atoms with van der Waals surface area (Å²) in [6.45, 7) is 0. The van der Waals surface area contributed by atoms with E-state index in [1.165, 1.54) is 25.7 Å². The summed E-state index contributed by atoms with van der Waals surface area (Å²) in [5.74, 6) is 0.363. The standard InChI is InChI=1S/C13H18ClNO/c14-12-9-15-8-7-11(12)13(16)10-5-3-1-2-4-6-10/h7-10,13,16H,1-6H2. The predicted octanol–water partition coefficient (Wildman–Crippen LogP) is 3.74. The molecular formula is C13H18ClNO. The predicted molar refractivity (Wildman–Crippen MR) is 65.4 cm³/mol. The third kappa shape index (κ3) is 2.74. The molecule has 1 aromatic rings. The first kappa shape index (κ1) is 11.9. The second-order valence-corrected chi connectivity index (χ2v) is 5.00. The molecular weight excluding hydrogens is 222 g/mol. The quantitative estimate of drug-likeness (QED) is 0.798. The Morgan fingerprint density at radius 1 is 1.25 bits per heavy atom. The zero-order chi connectivity index (χ0) is 11.4. The molecule has 1 heterocycles. The van der Waals surface area contributed by atoms with Crippen LogP contribution in [-0.4, -0.2) is 10.1 Å². The number of aliphatic hydroxyl groups excluding tert-OH is 1. The van der Waals surface area contributed by atoms with Gasteiger partial charge in [-0.25, -0.2) is 0 Å². The highest BCUT2D eigenvalue weighted by atomic mass is 35.5. The van der Waals surface area contributed by atoms with Crippen molar-refractivity contribution in [3.8, 4) is 0 Å². The summed E-state index contributed by atoms with van der Waals surface area (Å²) in [7, 11) is 0. The van der Waals surface area contributed by atoms with Crippen molar-refractivity contribution >= 4 is 11.6 Å². The monoisotopic (exact) mass is 239 g/mol. The minimum atomic E-state index is -0.423. The Morgan fingerprint density at radius 3 is 2.56 bits per heavy atom. The molecule has 88 valence electrons. The molecule has 2 rings (SSSR count). The molecule has 0 saturated heterocycles. The molecule has 2 nitrogen and oxygen atoms in total. The van der Waals surface area contributed by atoms with E-state index in [0.717, 1.165) is 18.4 Å². The Labute approximate surface area is 102 Å². The SMILES string of the molecule is OC(c1ccncc1Cl)C1CCCCCC1. The van der Waals surface area contributed by atoms with Gasteiger partial charge in [0.25, 0.3) is 0 Å². The Hall–Kier alpha value is -0.600. The molecule has 1 atom stereocenters. The van der Waals surface area contributed by atoms with Gasteiger partial charge in [-0.15, -0.1) is 0 Å². The maximum absolute atomic E-state index is 10.3. The summed E-state index contributed by atoms with van der Waals surface area (Å²) in [4.78, 5) is 3.95. The molecule has 0 amide bonds. The number of aromatic nitrogens is 1. The van der Waals surface area contributed by atoms with Crippen LogP contribution in [0.15, 0.2) is 18.5 Å². The average molecular weight is 240 g/mol. The minimum absolute atomic E-state index is 0.363. The zero-order valence-electron chi connectivity index (χ0n) is 9.40. The Bertz CT molecular complexity index is 334. The van der Waals surface area contributed by atoms with E-state index in [1.807, 2.05) is 6.07 Å². The Balaban J connectivity index is 2.11. The van der Waals surface area contributed by atoms with Gasteiger partial charge in [0.2, 0.25) is 0 Å². The summed E-state index contributed by atoms with van der Waals surface area (Å²) >= 11 is 6.06. The lowest BCUT2D eigenvalue weighted by atomic mass is 9.90. The third-order valence-corrected chi connectivity index (χ3v) is 3.78. The highest BCUT2D eigenvalue weighted by Crippen LogP contribution is 2.35. The fourth-order valence-corrected chi connectivity index (χ4v) is 2.74.